The average Bonchev–Trinajstić information content (AvgIpc) is 3.14. The number of hydrogen-bond donors (Lipinski definition) is 1. The first-order chi connectivity index (χ1) is 11.5. The molecule has 2 aliphatic rings. The van der Waals surface area contributed by atoms with E-state index < -0.39 is 6.09 Å². The summed E-state index contributed by atoms with van der Waals surface area (Å²) in [6, 6.07) is 5.65. The summed E-state index contributed by atoms with van der Waals surface area (Å²) in [4.78, 5) is 35.1. The van der Waals surface area contributed by atoms with E-state index in [1.54, 1.807) is 5.01 Å². The number of carbonyl (C=O) groups excluding carboxylic acids is 3. The molecule has 1 aromatic rings. The van der Waals surface area contributed by atoms with Gasteiger partial charge in [0.1, 0.15) is 6.10 Å². The van der Waals surface area contributed by atoms with Crippen molar-refractivity contribution >= 4 is 23.5 Å². The number of rotatable bonds is 5. The van der Waals surface area contributed by atoms with E-state index in [4.69, 9.17) is 4.74 Å². The highest BCUT2D eigenvalue weighted by atomic mass is 16.6. The molecule has 1 fully saturated rings. The quantitative estimate of drug-likeness (QED) is 0.828. The number of hydrogen-bond acceptors (Lipinski definition) is 5. The molecule has 1 atom stereocenters. The molecule has 2 amide bonds. The molecule has 3 rings (SSSR count). The minimum atomic E-state index is -0.426. The van der Waals surface area contributed by atoms with E-state index >= 15 is 0 Å². The van der Waals surface area contributed by atoms with Gasteiger partial charge in [-0.25, -0.2) is 9.80 Å². The molecule has 1 N–H and O–H groups in total. The monoisotopic (exact) mass is 331 g/mol. The lowest BCUT2D eigenvalue weighted by Crippen LogP contribution is -2.43. The molecule has 1 unspecified atom stereocenters. The van der Waals surface area contributed by atoms with Crippen molar-refractivity contribution in [1.29, 1.82) is 0 Å². The van der Waals surface area contributed by atoms with E-state index in [2.05, 4.69) is 5.32 Å². The number of Topliss-reactive ketones (excluding diaryl/α,β-unsaturated/α-hetero) is 1. The summed E-state index contributed by atoms with van der Waals surface area (Å²) in [5.41, 5.74) is 2.65. The Balaban J connectivity index is 1.77. The molecule has 0 aromatic heterocycles. The van der Waals surface area contributed by atoms with Gasteiger partial charge in [0.05, 0.1) is 18.8 Å². The SMILES string of the molecule is CCC(=O)c1ccc2c(c1)N(N1CC(CNC(C)=O)OC1=O)CC2. The zero-order chi connectivity index (χ0) is 17.3. The number of hydrazine groups is 1. The van der Waals surface area contributed by atoms with Crippen LogP contribution in [0.25, 0.3) is 0 Å². The fourth-order valence-electron chi connectivity index (χ4n) is 3.06. The van der Waals surface area contributed by atoms with Crippen molar-refractivity contribution in [2.24, 2.45) is 0 Å². The first kappa shape index (κ1) is 16.3. The number of amides is 2. The molecule has 1 saturated heterocycles. The van der Waals surface area contributed by atoms with Crippen LogP contribution in [0.3, 0.4) is 0 Å². The molecule has 7 nitrogen and oxygen atoms in total. The third-order valence-corrected chi connectivity index (χ3v) is 4.32. The van der Waals surface area contributed by atoms with Crippen molar-refractivity contribution in [2.75, 3.05) is 24.6 Å². The Morgan fingerprint density at radius 2 is 2.12 bits per heavy atom. The van der Waals surface area contributed by atoms with E-state index in [1.807, 2.05) is 30.1 Å². The van der Waals surface area contributed by atoms with Crippen LogP contribution in [0, 0.1) is 0 Å². The molecular formula is C17H21N3O4. The van der Waals surface area contributed by atoms with Crippen molar-refractivity contribution in [3.8, 4) is 0 Å². The van der Waals surface area contributed by atoms with Crippen LogP contribution in [0.15, 0.2) is 18.2 Å². The molecule has 0 saturated carbocycles. The molecule has 7 heteroatoms. The second-order valence-corrected chi connectivity index (χ2v) is 6.02. The van der Waals surface area contributed by atoms with Crippen LogP contribution in [0.4, 0.5) is 10.5 Å². The Morgan fingerprint density at radius 3 is 2.83 bits per heavy atom. The van der Waals surface area contributed by atoms with Crippen LogP contribution in [-0.2, 0) is 16.0 Å². The van der Waals surface area contributed by atoms with Gasteiger partial charge in [0.15, 0.2) is 5.78 Å². The van der Waals surface area contributed by atoms with E-state index in [9.17, 15) is 14.4 Å². The molecular weight excluding hydrogens is 310 g/mol. The number of fused-ring (bicyclic) bond motifs is 1. The van der Waals surface area contributed by atoms with Gasteiger partial charge >= 0.3 is 6.09 Å². The van der Waals surface area contributed by atoms with Crippen LogP contribution >= 0.6 is 0 Å². The van der Waals surface area contributed by atoms with Gasteiger partial charge < -0.3 is 10.1 Å². The van der Waals surface area contributed by atoms with Crippen LogP contribution in [0.2, 0.25) is 0 Å². The summed E-state index contributed by atoms with van der Waals surface area (Å²) in [6.07, 6.45) is 0.468. The van der Waals surface area contributed by atoms with Crippen LogP contribution in [0.5, 0.6) is 0 Å². The number of ketones is 1. The zero-order valence-corrected chi connectivity index (χ0v) is 13.9. The van der Waals surface area contributed by atoms with Gasteiger partial charge in [-0.15, -0.1) is 0 Å². The number of nitrogens with one attached hydrogen (secondary N) is 1. The molecule has 24 heavy (non-hydrogen) atoms. The number of nitrogens with zero attached hydrogens (tertiary/aromatic N) is 2. The summed E-state index contributed by atoms with van der Waals surface area (Å²) in [5.74, 6) is -0.0732. The summed E-state index contributed by atoms with van der Waals surface area (Å²) >= 11 is 0. The third kappa shape index (κ3) is 3.06. The molecule has 2 aliphatic heterocycles. The van der Waals surface area contributed by atoms with E-state index in [1.165, 1.54) is 6.92 Å². The Kier molecular flexibility index (Phi) is 4.42. The van der Waals surface area contributed by atoms with Gasteiger partial charge in [-0.2, -0.15) is 0 Å². The smallest absolute Gasteiger partial charge is 0.429 e. The second kappa shape index (κ2) is 6.51. The summed E-state index contributed by atoms with van der Waals surface area (Å²) in [7, 11) is 0. The van der Waals surface area contributed by atoms with Gasteiger partial charge in [-0.05, 0) is 18.1 Å². The summed E-state index contributed by atoms with van der Waals surface area (Å²) < 4.78 is 5.31. The molecule has 1 aromatic carbocycles. The molecule has 2 heterocycles. The summed E-state index contributed by atoms with van der Waals surface area (Å²) in [6.45, 7) is 4.60. The van der Waals surface area contributed by atoms with Crippen LogP contribution in [0.1, 0.15) is 36.2 Å². The maximum atomic E-state index is 12.2. The minimum Gasteiger partial charge on any atom is -0.441 e. The molecule has 0 spiro atoms. The predicted octanol–water partition coefficient (Wildman–Crippen LogP) is 1.51. The standard InChI is InChI=1S/C17H21N3O4/c1-3-16(22)13-5-4-12-6-7-19(15(12)8-13)20-10-14(24-17(20)23)9-18-11(2)21/h4-5,8,14H,3,6-7,9-10H2,1-2H3,(H,18,21). The first-order valence-corrected chi connectivity index (χ1v) is 8.15. The van der Waals surface area contributed by atoms with Crippen molar-refractivity contribution in [1.82, 2.24) is 10.3 Å². The molecule has 0 radical (unpaired) electrons. The van der Waals surface area contributed by atoms with Gasteiger partial charge in [-0.1, -0.05) is 19.1 Å². The summed E-state index contributed by atoms with van der Waals surface area (Å²) in [5, 5.41) is 6.09. The van der Waals surface area contributed by atoms with Gasteiger partial charge in [0, 0.05) is 25.5 Å². The van der Waals surface area contributed by atoms with Gasteiger partial charge in [0.25, 0.3) is 0 Å². The topological polar surface area (TPSA) is 79.0 Å². The highest BCUT2D eigenvalue weighted by Crippen LogP contribution is 2.32. The highest BCUT2D eigenvalue weighted by Gasteiger charge is 2.38. The van der Waals surface area contributed by atoms with Gasteiger partial charge in [-0.3, -0.25) is 14.6 Å². The third-order valence-electron chi connectivity index (χ3n) is 4.32. The van der Waals surface area contributed by atoms with Crippen molar-refractivity contribution in [3.05, 3.63) is 29.3 Å². The first-order valence-electron chi connectivity index (χ1n) is 8.15. The van der Waals surface area contributed by atoms with E-state index in [0.717, 1.165) is 17.7 Å². The normalized spacial score (nSPS) is 19.2. The fourth-order valence-corrected chi connectivity index (χ4v) is 3.06. The molecule has 128 valence electrons. The largest absolute Gasteiger partial charge is 0.441 e. The number of cyclic esters (lactones) is 1. The second-order valence-electron chi connectivity index (χ2n) is 6.02. The maximum absolute atomic E-state index is 12.2. The molecule has 0 bridgehead atoms. The minimum absolute atomic E-state index is 0.0807. The van der Waals surface area contributed by atoms with E-state index in [0.29, 0.717) is 31.6 Å². The van der Waals surface area contributed by atoms with Gasteiger partial charge in [0.2, 0.25) is 5.91 Å². The maximum Gasteiger partial charge on any atom is 0.429 e. The Morgan fingerprint density at radius 1 is 1.33 bits per heavy atom. The lowest BCUT2D eigenvalue weighted by Gasteiger charge is -2.28. The lowest BCUT2D eigenvalue weighted by molar-refractivity contribution is -0.119. The number of ether oxygens (including phenoxy) is 1. The lowest BCUT2D eigenvalue weighted by atomic mass is 10.0. The number of benzene rings is 1. The van der Waals surface area contributed by atoms with Crippen molar-refractivity contribution < 1.29 is 19.1 Å². The molecule has 0 aliphatic carbocycles. The Hall–Kier alpha value is -2.57. The van der Waals surface area contributed by atoms with E-state index in [-0.39, 0.29) is 17.8 Å². The predicted molar refractivity (Wildman–Crippen MR) is 87.8 cm³/mol. The zero-order valence-electron chi connectivity index (χ0n) is 13.9. The van der Waals surface area contributed by atoms with Crippen LogP contribution < -0.4 is 10.3 Å². The number of carbonyl (C=O) groups is 3. The average molecular weight is 331 g/mol. The number of anilines is 1. The fraction of sp³-hybridized carbons (Fsp3) is 0.471. The van der Waals surface area contributed by atoms with Crippen LogP contribution in [-0.4, -0.2) is 48.5 Å². The van der Waals surface area contributed by atoms with Crippen molar-refractivity contribution in [3.63, 3.8) is 0 Å². The Bertz CT molecular complexity index is 688. The Labute approximate surface area is 140 Å². The van der Waals surface area contributed by atoms with Crippen molar-refractivity contribution in [2.45, 2.75) is 32.8 Å². The highest BCUT2D eigenvalue weighted by molar-refractivity contribution is 5.97.